The zero-order valence-corrected chi connectivity index (χ0v) is 14.0. The Morgan fingerprint density at radius 3 is 2.65 bits per heavy atom. The summed E-state index contributed by atoms with van der Waals surface area (Å²) in [6.07, 6.45) is 4.66. The first kappa shape index (κ1) is 15.4. The van der Waals surface area contributed by atoms with Crippen LogP contribution < -0.4 is 5.32 Å². The summed E-state index contributed by atoms with van der Waals surface area (Å²) in [4.78, 5) is 5.97. The molecule has 0 bridgehead atoms. The second-order valence-corrected chi connectivity index (χ2v) is 6.16. The maximum Gasteiger partial charge on any atom is 0.208 e. The van der Waals surface area contributed by atoms with E-state index >= 15 is 0 Å². The number of thioether (sulfide) groups is 1. The molecule has 0 aromatic heterocycles. The number of hydrogen-bond acceptors (Lipinski definition) is 4. The molecule has 1 unspecified atom stereocenters. The Balaban J connectivity index is 2.09. The van der Waals surface area contributed by atoms with Crippen LogP contribution in [0.1, 0.15) is 22.9 Å². The molecule has 0 spiro atoms. The van der Waals surface area contributed by atoms with Gasteiger partial charge in [-0.2, -0.15) is 5.26 Å². The van der Waals surface area contributed by atoms with Crippen molar-refractivity contribution in [1.82, 2.24) is 4.90 Å². The number of nitrogens with zero attached hydrogens (tertiary/aromatic N) is 3. The molecular formula is C18H18N4S. The highest BCUT2D eigenvalue weighted by Gasteiger charge is 2.26. The van der Waals surface area contributed by atoms with Crippen LogP contribution in [0, 0.1) is 11.5 Å². The van der Waals surface area contributed by atoms with Crippen LogP contribution >= 0.6 is 11.8 Å². The van der Waals surface area contributed by atoms with E-state index in [1.807, 2.05) is 30.5 Å². The highest BCUT2D eigenvalue weighted by molar-refractivity contribution is 8.13. The Labute approximate surface area is 140 Å². The minimum atomic E-state index is -0.0607. The second kappa shape index (κ2) is 6.76. The summed E-state index contributed by atoms with van der Waals surface area (Å²) in [5.41, 5.74) is 4.90. The highest BCUT2D eigenvalue weighted by atomic mass is 32.2. The summed E-state index contributed by atoms with van der Waals surface area (Å²) in [6, 6.07) is 16.8. The third-order valence-electron chi connectivity index (χ3n) is 4.06. The molecule has 4 nitrogen and oxygen atoms in total. The van der Waals surface area contributed by atoms with Gasteiger partial charge in [-0.3, -0.25) is 0 Å². The molecule has 1 atom stereocenters. The minimum Gasteiger partial charge on any atom is -0.361 e. The zero-order valence-electron chi connectivity index (χ0n) is 13.2. The second-order valence-electron chi connectivity index (χ2n) is 5.39. The quantitative estimate of drug-likeness (QED) is 0.492. The van der Waals surface area contributed by atoms with Crippen molar-refractivity contribution < 1.29 is 0 Å². The van der Waals surface area contributed by atoms with Gasteiger partial charge in [0.1, 0.15) is 6.17 Å². The van der Waals surface area contributed by atoms with Gasteiger partial charge in [0.2, 0.25) is 6.19 Å². The zero-order chi connectivity index (χ0) is 16.2. The fourth-order valence-corrected chi connectivity index (χ4v) is 3.46. The van der Waals surface area contributed by atoms with Gasteiger partial charge in [0.05, 0.1) is 0 Å². The summed E-state index contributed by atoms with van der Waals surface area (Å²) in [5, 5.41) is 13.2. The molecule has 0 saturated heterocycles. The predicted molar refractivity (Wildman–Crippen MR) is 96.4 cm³/mol. The first-order valence-corrected chi connectivity index (χ1v) is 8.63. The fraction of sp³-hybridized carbons (Fsp3) is 0.222. The average molecular weight is 322 g/mol. The van der Waals surface area contributed by atoms with Crippen molar-refractivity contribution in [3.8, 4) is 6.19 Å². The minimum absolute atomic E-state index is 0.0607. The van der Waals surface area contributed by atoms with Gasteiger partial charge in [0.15, 0.2) is 5.17 Å². The number of nitrogens with one attached hydrogen (secondary N) is 1. The molecule has 5 heteroatoms. The van der Waals surface area contributed by atoms with Crippen LogP contribution in [-0.4, -0.2) is 23.4 Å². The lowest BCUT2D eigenvalue weighted by atomic mass is 9.99. The number of fused-ring (bicyclic) bond motifs is 2. The van der Waals surface area contributed by atoms with Gasteiger partial charge < -0.3 is 10.2 Å². The number of amidine groups is 1. The number of anilines is 1. The van der Waals surface area contributed by atoms with Crippen LogP contribution in [0.3, 0.4) is 0 Å². The molecule has 116 valence electrons. The Morgan fingerprint density at radius 2 is 1.91 bits per heavy atom. The van der Waals surface area contributed by atoms with E-state index in [9.17, 15) is 0 Å². The Bertz CT molecular complexity index is 779. The van der Waals surface area contributed by atoms with Gasteiger partial charge in [0.25, 0.3) is 0 Å². The Morgan fingerprint density at radius 1 is 1.22 bits per heavy atom. The SMILES string of the molecule is CSC(=NC#N)N(C)C1Nc2ccccc2Cc2ccccc21. The lowest BCUT2D eigenvalue weighted by molar-refractivity contribution is 0.420. The summed E-state index contributed by atoms with van der Waals surface area (Å²) in [7, 11) is 1.97. The van der Waals surface area contributed by atoms with Crippen LogP contribution in [0.5, 0.6) is 0 Å². The maximum absolute atomic E-state index is 8.93. The van der Waals surface area contributed by atoms with Gasteiger partial charge in [-0.05, 0) is 35.4 Å². The van der Waals surface area contributed by atoms with Crippen molar-refractivity contribution in [3.63, 3.8) is 0 Å². The summed E-state index contributed by atoms with van der Waals surface area (Å²) < 4.78 is 0. The Hall–Kier alpha value is -2.45. The standard InChI is InChI=1S/C18H18N4S/c1-22(18(23-2)20-12-19)17-15-9-5-3-7-13(15)11-14-8-4-6-10-16(14)21-17/h3-10,17,21H,11H2,1-2H3. The van der Waals surface area contributed by atoms with Crippen molar-refractivity contribution in [2.24, 2.45) is 4.99 Å². The molecule has 1 N–H and O–H groups in total. The normalized spacial score (nSPS) is 16.4. The van der Waals surface area contributed by atoms with Crippen molar-refractivity contribution in [2.45, 2.75) is 12.6 Å². The summed E-state index contributed by atoms with van der Waals surface area (Å²) >= 11 is 1.47. The average Bonchev–Trinajstić information content (AvgIpc) is 2.75. The fourth-order valence-electron chi connectivity index (χ4n) is 2.93. The van der Waals surface area contributed by atoms with E-state index < -0.39 is 0 Å². The predicted octanol–water partition coefficient (Wildman–Crippen LogP) is 3.83. The van der Waals surface area contributed by atoms with Crippen molar-refractivity contribution in [1.29, 1.82) is 5.26 Å². The molecule has 2 aromatic rings. The van der Waals surface area contributed by atoms with Crippen LogP contribution in [0.2, 0.25) is 0 Å². The number of nitriles is 1. The molecule has 1 aliphatic heterocycles. The molecule has 1 aliphatic rings. The maximum atomic E-state index is 8.93. The molecule has 23 heavy (non-hydrogen) atoms. The molecule has 0 amide bonds. The van der Waals surface area contributed by atoms with E-state index in [1.54, 1.807) is 0 Å². The van der Waals surface area contributed by atoms with Crippen LogP contribution in [0.15, 0.2) is 53.5 Å². The smallest absolute Gasteiger partial charge is 0.208 e. The topological polar surface area (TPSA) is 51.4 Å². The van der Waals surface area contributed by atoms with Crippen molar-refractivity contribution in [3.05, 3.63) is 65.2 Å². The van der Waals surface area contributed by atoms with Crippen LogP contribution in [0.25, 0.3) is 0 Å². The summed E-state index contributed by atoms with van der Waals surface area (Å²) in [6.45, 7) is 0. The number of hydrogen-bond donors (Lipinski definition) is 1. The molecule has 0 aliphatic carbocycles. The molecule has 0 fully saturated rings. The van der Waals surface area contributed by atoms with Gasteiger partial charge >= 0.3 is 0 Å². The van der Waals surface area contributed by atoms with Gasteiger partial charge in [-0.25, -0.2) is 0 Å². The first-order chi connectivity index (χ1) is 11.2. The lowest BCUT2D eigenvalue weighted by Crippen LogP contribution is -2.34. The number of rotatable bonds is 1. The van der Waals surface area contributed by atoms with Crippen molar-refractivity contribution >= 4 is 22.6 Å². The summed E-state index contributed by atoms with van der Waals surface area (Å²) in [5.74, 6) is 0. The third kappa shape index (κ3) is 3.03. The van der Waals surface area contributed by atoms with Gasteiger partial charge in [-0.15, -0.1) is 4.99 Å². The van der Waals surface area contributed by atoms with E-state index in [0.29, 0.717) is 5.17 Å². The monoisotopic (exact) mass is 322 g/mol. The number of aliphatic imine (C=N–C) groups is 1. The number of benzene rings is 2. The molecule has 3 rings (SSSR count). The molecule has 2 aromatic carbocycles. The molecule has 0 radical (unpaired) electrons. The van der Waals surface area contributed by atoms with E-state index in [0.717, 1.165) is 12.1 Å². The lowest BCUT2D eigenvalue weighted by Gasteiger charge is -2.31. The van der Waals surface area contributed by atoms with E-state index in [-0.39, 0.29) is 6.17 Å². The molecule has 0 saturated carbocycles. The molecule has 1 heterocycles. The number of para-hydroxylation sites is 1. The van der Waals surface area contributed by atoms with E-state index in [4.69, 9.17) is 5.26 Å². The Kier molecular flexibility index (Phi) is 4.54. The van der Waals surface area contributed by atoms with Crippen LogP contribution in [-0.2, 0) is 6.42 Å². The van der Waals surface area contributed by atoms with Crippen molar-refractivity contribution in [2.75, 3.05) is 18.6 Å². The van der Waals surface area contributed by atoms with E-state index in [1.165, 1.54) is 28.5 Å². The van der Waals surface area contributed by atoms with Gasteiger partial charge in [-0.1, -0.05) is 54.2 Å². The third-order valence-corrected chi connectivity index (χ3v) is 4.80. The highest BCUT2D eigenvalue weighted by Crippen LogP contribution is 2.34. The van der Waals surface area contributed by atoms with E-state index in [2.05, 4.69) is 52.8 Å². The van der Waals surface area contributed by atoms with Crippen LogP contribution in [0.4, 0.5) is 5.69 Å². The largest absolute Gasteiger partial charge is 0.361 e. The first-order valence-electron chi connectivity index (χ1n) is 7.40. The molecular weight excluding hydrogens is 304 g/mol. The van der Waals surface area contributed by atoms with Gasteiger partial charge in [0, 0.05) is 12.7 Å².